The van der Waals surface area contributed by atoms with Crippen molar-refractivity contribution in [3.63, 3.8) is 0 Å². The number of halogens is 1. The lowest BCUT2D eigenvalue weighted by Crippen LogP contribution is -2.43. The van der Waals surface area contributed by atoms with Crippen molar-refractivity contribution in [2.75, 3.05) is 0 Å². The molecule has 2 nitrogen and oxygen atoms in total. The molecule has 0 unspecified atom stereocenters. The van der Waals surface area contributed by atoms with Crippen molar-refractivity contribution < 1.29 is 5.11 Å². The minimum absolute atomic E-state index is 0.356. The number of aromatic hydroxyl groups is 1. The van der Waals surface area contributed by atoms with E-state index in [-0.39, 0.29) is 0 Å². The molecule has 3 heteroatoms. The number of para-hydroxylation sites is 1. The maximum absolute atomic E-state index is 10.0. The molecule has 0 amide bonds. The van der Waals surface area contributed by atoms with Crippen LogP contribution in [0.25, 0.3) is 0 Å². The lowest BCUT2D eigenvalue weighted by molar-refractivity contribution is 0.0844. The van der Waals surface area contributed by atoms with Crippen molar-refractivity contribution >= 4 is 15.9 Å². The average molecular weight is 340 g/mol. The first kappa shape index (κ1) is 15.8. The van der Waals surface area contributed by atoms with Crippen LogP contribution >= 0.6 is 15.9 Å². The molecule has 0 bridgehead atoms. The summed E-state index contributed by atoms with van der Waals surface area (Å²) in [5.41, 5.74) is 1.73. The van der Waals surface area contributed by atoms with Crippen LogP contribution in [-0.4, -0.2) is 11.1 Å². The molecule has 1 fully saturated rings. The Bertz CT molecular complexity index is 466. The number of hydrogen-bond donors (Lipinski definition) is 2. The Kier molecular flexibility index (Phi) is 4.50. The van der Waals surface area contributed by atoms with E-state index in [9.17, 15) is 5.11 Å². The zero-order valence-corrected chi connectivity index (χ0v) is 14.5. The van der Waals surface area contributed by atoms with Crippen molar-refractivity contribution in [3.8, 4) is 5.75 Å². The van der Waals surface area contributed by atoms with Gasteiger partial charge in [-0.05, 0) is 52.1 Å². The predicted molar refractivity (Wildman–Crippen MR) is 87.8 cm³/mol. The molecule has 1 aromatic carbocycles. The van der Waals surface area contributed by atoms with Crippen LogP contribution < -0.4 is 5.32 Å². The minimum atomic E-state index is 0.356. The van der Waals surface area contributed by atoms with Gasteiger partial charge in [-0.25, -0.2) is 0 Å². The highest BCUT2D eigenvalue weighted by molar-refractivity contribution is 9.10. The molecule has 0 atom stereocenters. The third-order valence-electron chi connectivity index (χ3n) is 4.21. The molecule has 0 radical (unpaired) electrons. The second kappa shape index (κ2) is 5.69. The van der Waals surface area contributed by atoms with Gasteiger partial charge in [-0.15, -0.1) is 0 Å². The molecule has 0 heterocycles. The van der Waals surface area contributed by atoms with Gasteiger partial charge in [0.15, 0.2) is 0 Å². The lowest BCUT2D eigenvalue weighted by Gasteiger charge is -2.45. The van der Waals surface area contributed by atoms with Gasteiger partial charge in [-0.1, -0.05) is 39.8 Å². The first-order valence-electron chi connectivity index (χ1n) is 7.38. The Morgan fingerprint density at radius 2 is 1.80 bits per heavy atom. The van der Waals surface area contributed by atoms with Crippen molar-refractivity contribution in [1.82, 2.24) is 5.32 Å². The molecule has 1 aromatic rings. The van der Waals surface area contributed by atoms with Gasteiger partial charge < -0.3 is 10.4 Å². The monoisotopic (exact) mass is 339 g/mol. The molecule has 0 spiro atoms. The smallest absolute Gasteiger partial charge is 0.134 e. The summed E-state index contributed by atoms with van der Waals surface area (Å²) in [5, 5.41) is 13.7. The molecule has 1 saturated carbocycles. The normalized spacial score (nSPS) is 21.9. The van der Waals surface area contributed by atoms with Crippen LogP contribution in [0.2, 0.25) is 0 Å². The van der Waals surface area contributed by atoms with E-state index >= 15 is 0 Å². The van der Waals surface area contributed by atoms with Crippen LogP contribution in [-0.2, 0) is 6.54 Å². The molecule has 0 saturated heterocycles. The largest absolute Gasteiger partial charge is 0.506 e. The first-order valence-corrected chi connectivity index (χ1v) is 8.18. The zero-order valence-electron chi connectivity index (χ0n) is 13.0. The molecule has 2 N–H and O–H groups in total. The second-order valence-electron chi connectivity index (χ2n) is 7.74. The van der Waals surface area contributed by atoms with Crippen molar-refractivity contribution in [1.29, 1.82) is 0 Å². The van der Waals surface area contributed by atoms with Gasteiger partial charge >= 0.3 is 0 Å². The SMILES string of the molecule is CC1(C)CC(NCc2cccc(Br)c2O)CC(C)(C)C1. The highest BCUT2D eigenvalue weighted by Gasteiger charge is 2.38. The molecule has 1 aliphatic rings. The summed E-state index contributed by atoms with van der Waals surface area (Å²) >= 11 is 3.37. The minimum Gasteiger partial charge on any atom is -0.506 e. The van der Waals surface area contributed by atoms with Crippen LogP contribution in [0.4, 0.5) is 0 Å². The molecular formula is C17H26BrNO. The highest BCUT2D eigenvalue weighted by atomic mass is 79.9. The van der Waals surface area contributed by atoms with Crippen LogP contribution in [0.1, 0.15) is 52.5 Å². The average Bonchev–Trinajstić information content (AvgIpc) is 2.27. The third-order valence-corrected chi connectivity index (χ3v) is 4.85. The van der Waals surface area contributed by atoms with Crippen molar-refractivity contribution in [2.45, 2.75) is 59.5 Å². The fourth-order valence-corrected chi connectivity index (χ4v) is 4.35. The van der Waals surface area contributed by atoms with E-state index in [1.54, 1.807) is 0 Å². The number of phenols is 1. The number of nitrogens with one attached hydrogen (secondary N) is 1. The molecule has 1 aliphatic carbocycles. The number of hydrogen-bond acceptors (Lipinski definition) is 2. The topological polar surface area (TPSA) is 32.3 Å². The summed E-state index contributed by atoms with van der Waals surface area (Å²) in [7, 11) is 0. The summed E-state index contributed by atoms with van der Waals surface area (Å²) in [6, 6.07) is 6.33. The second-order valence-corrected chi connectivity index (χ2v) is 8.59. The van der Waals surface area contributed by atoms with Crippen molar-refractivity contribution in [2.24, 2.45) is 10.8 Å². The van der Waals surface area contributed by atoms with E-state index in [0.717, 1.165) is 16.6 Å². The maximum atomic E-state index is 10.0. The van der Waals surface area contributed by atoms with Crippen LogP contribution in [0.15, 0.2) is 22.7 Å². The van der Waals surface area contributed by atoms with E-state index in [0.29, 0.717) is 22.6 Å². The van der Waals surface area contributed by atoms with Gasteiger partial charge in [0.25, 0.3) is 0 Å². The van der Waals surface area contributed by atoms with Gasteiger partial charge in [0.2, 0.25) is 0 Å². The summed E-state index contributed by atoms with van der Waals surface area (Å²) in [6.45, 7) is 10.2. The summed E-state index contributed by atoms with van der Waals surface area (Å²) in [5.74, 6) is 0.356. The number of phenolic OH excluding ortho intramolecular Hbond substituents is 1. The fourth-order valence-electron chi connectivity index (χ4n) is 3.95. The molecular weight excluding hydrogens is 314 g/mol. The van der Waals surface area contributed by atoms with E-state index in [2.05, 4.69) is 48.9 Å². The van der Waals surface area contributed by atoms with Crippen molar-refractivity contribution in [3.05, 3.63) is 28.2 Å². The standard InChI is InChI=1S/C17H26BrNO/c1-16(2)8-13(9-17(3,4)11-16)19-10-12-6-5-7-14(18)15(12)20/h5-7,13,19-20H,8-11H2,1-4H3. The summed E-state index contributed by atoms with van der Waals surface area (Å²) in [6.07, 6.45) is 3.68. The Hall–Kier alpha value is -0.540. The highest BCUT2D eigenvalue weighted by Crippen LogP contribution is 2.45. The van der Waals surface area contributed by atoms with Crippen LogP contribution in [0.3, 0.4) is 0 Å². The van der Waals surface area contributed by atoms with E-state index in [1.807, 2.05) is 18.2 Å². The zero-order chi connectivity index (χ0) is 15.0. The predicted octanol–water partition coefficient (Wildman–Crippen LogP) is 4.85. The Morgan fingerprint density at radius 1 is 1.20 bits per heavy atom. The fraction of sp³-hybridized carbons (Fsp3) is 0.647. The molecule has 2 rings (SSSR count). The molecule has 20 heavy (non-hydrogen) atoms. The third kappa shape index (κ3) is 3.98. The van der Waals surface area contributed by atoms with Gasteiger partial charge in [-0.3, -0.25) is 0 Å². The molecule has 112 valence electrons. The quantitative estimate of drug-likeness (QED) is 0.824. The van der Waals surface area contributed by atoms with Gasteiger partial charge in [0, 0.05) is 18.2 Å². The Labute approximate surface area is 131 Å². The van der Waals surface area contributed by atoms with Gasteiger partial charge in [0.1, 0.15) is 5.75 Å². The van der Waals surface area contributed by atoms with E-state index in [4.69, 9.17) is 0 Å². The first-order chi connectivity index (χ1) is 9.19. The van der Waals surface area contributed by atoms with Gasteiger partial charge in [0.05, 0.1) is 4.47 Å². The van der Waals surface area contributed by atoms with Crippen LogP contribution in [0, 0.1) is 10.8 Å². The summed E-state index contributed by atoms with van der Waals surface area (Å²) in [4.78, 5) is 0. The Balaban J connectivity index is 2.02. The molecule has 0 aliphatic heterocycles. The molecule has 0 aromatic heterocycles. The summed E-state index contributed by atoms with van der Waals surface area (Å²) < 4.78 is 0.765. The lowest BCUT2D eigenvalue weighted by atomic mass is 9.63. The number of rotatable bonds is 3. The van der Waals surface area contributed by atoms with E-state index < -0.39 is 0 Å². The van der Waals surface area contributed by atoms with Crippen LogP contribution in [0.5, 0.6) is 5.75 Å². The number of benzene rings is 1. The maximum Gasteiger partial charge on any atom is 0.134 e. The van der Waals surface area contributed by atoms with E-state index in [1.165, 1.54) is 19.3 Å². The Morgan fingerprint density at radius 3 is 2.40 bits per heavy atom. The van der Waals surface area contributed by atoms with Gasteiger partial charge in [-0.2, -0.15) is 0 Å².